The average molecular weight is 402 g/mol. The molecule has 1 amide bonds. The van der Waals surface area contributed by atoms with E-state index in [9.17, 15) is 4.79 Å². The van der Waals surface area contributed by atoms with Crippen molar-refractivity contribution in [2.24, 2.45) is 5.73 Å². The van der Waals surface area contributed by atoms with E-state index in [0.29, 0.717) is 23.4 Å². The van der Waals surface area contributed by atoms with E-state index in [4.69, 9.17) is 10.5 Å². The first-order chi connectivity index (χ1) is 14.6. The molecular weight excluding hydrogens is 374 g/mol. The Hall–Kier alpha value is -3.18. The number of aromatic nitrogens is 1. The van der Waals surface area contributed by atoms with Crippen LogP contribution in [0.1, 0.15) is 53.2 Å². The molecule has 4 rings (SSSR count). The van der Waals surface area contributed by atoms with Gasteiger partial charge in [-0.3, -0.25) is 9.69 Å². The van der Waals surface area contributed by atoms with Gasteiger partial charge in [0.2, 0.25) is 11.8 Å². The van der Waals surface area contributed by atoms with Crippen LogP contribution in [0.25, 0.3) is 0 Å². The minimum Gasteiger partial charge on any atom is -0.439 e. The molecular formula is C25H27N3O2. The highest BCUT2D eigenvalue weighted by atomic mass is 16.5. The van der Waals surface area contributed by atoms with Crippen LogP contribution in [0.4, 0.5) is 0 Å². The van der Waals surface area contributed by atoms with Gasteiger partial charge in [0.25, 0.3) is 0 Å². The van der Waals surface area contributed by atoms with E-state index in [1.165, 1.54) is 30.2 Å². The number of hydrogen-bond acceptors (Lipinski definition) is 4. The summed E-state index contributed by atoms with van der Waals surface area (Å²) < 4.78 is 5.80. The monoisotopic (exact) mass is 401 g/mol. The molecule has 2 unspecified atom stereocenters. The zero-order valence-corrected chi connectivity index (χ0v) is 17.2. The van der Waals surface area contributed by atoms with Gasteiger partial charge in [0.15, 0.2) is 0 Å². The van der Waals surface area contributed by atoms with E-state index >= 15 is 0 Å². The van der Waals surface area contributed by atoms with Crippen LogP contribution < -0.4 is 10.5 Å². The number of likely N-dealkylation sites (tertiary alicyclic amines) is 1. The van der Waals surface area contributed by atoms with Crippen LogP contribution in [-0.2, 0) is 0 Å². The Morgan fingerprint density at radius 2 is 1.87 bits per heavy atom. The Morgan fingerprint density at radius 3 is 2.53 bits per heavy atom. The Kier molecular flexibility index (Phi) is 6.10. The van der Waals surface area contributed by atoms with Crippen LogP contribution in [0.15, 0.2) is 72.9 Å². The quantitative estimate of drug-likeness (QED) is 0.637. The van der Waals surface area contributed by atoms with Gasteiger partial charge in [-0.2, -0.15) is 0 Å². The Morgan fingerprint density at radius 1 is 1.10 bits per heavy atom. The number of pyridine rings is 1. The second-order valence-electron chi connectivity index (χ2n) is 7.84. The van der Waals surface area contributed by atoms with E-state index in [0.717, 1.165) is 18.8 Å². The molecule has 1 fully saturated rings. The summed E-state index contributed by atoms with van der Waals surface area (Å²) in [6.07, 6.45) is 3.83. The lowest BCUT2D eigenvalue weighted by atomic mass is 9.89. The van der Waals surface area contributed by atoms with Crippen molar-refractivity contribution in [3.05, 3.63) is 89.6 Å². The summed E-state index contributed by atoms with van der Waals surface area (Å²) in [5.74, 6) is 1.19. The molecule has 2 atom stereocenters. The van der Waals surface area contributed by atoms with Gasteiger partial charge in [0.1, 0.15) is 5.75 Å². The summed E-state index contributed by atoms with van der Waals surface area (Å²) in [5.41, 5.74) is 8.32. The van der Waals surface area contributed by atoms with Crippen molar-refractivity contribution in [2.45, 2.75) is 31.7 Å². The van der Waals surface area contributed by atoms with Gasteiger partial charge >= 0.3 is 0 Å². The Labute approximate surface area is 177 Å². The fourth-order valence-electron chi connectivity index (χ4n) is 4.09. The zero-order valence-electron chi connectivity index (χ0n) is 17.2. The molecule has 0 radical (unpaired) electrons. The number of hydrogen-bond donors (Lipinski definition) is 1. The van der Waals surface area contributed by atoms with E-state index in [1.807, 2.05) is 12.1 Å². The molecule has 1 aliphatic heterocycles. The minimum atomic E-state index is -0.499. The number of nitrogens with zero attached hydrogens (tertiary/aromatic N) is 2. The molecule has 1 aliphatic rings. The Bertz CT molecular complexity index is 972. The lowest BCUT2D eigenvalue weighted by molar-refractivity contribution is 0.1000. The van der Waals surface area contributed by atoms with Gasteiger partial charge in [-0.25, -0.2) is 4.98 Å². The molecule has 2 aromatic carbocycles. The number of carbonyl (C=O) groups is 1. The number of nitrogens with two attached hydrogens (primary N) is 1. The highest BCUT2D eigenvalue weighted by Crippen LogP contribution is 2.33. The molecule has 2 heterocycles. The largest absolute Gasteiger partial charge is 0.439 e. The summed E-state index contributed by atoms with van der Waals surface area (Å²) in [7, 11) is 0. The molecule has 0 spiro atoms. The van der Waals surface area contributed by atoms with E-state index in [2.05, 4.69) is 59.3 Å². The molecule has 154 valence electrons. The number of ether oxygens (including phenoxy) is 1. The topological polar surface area (TPSA) is 68.5 Å². The van der Waals surface area contributed by atoms with Gasteiger partial charge in [-0.05, 0) is 61.6 Å². The van der Waals surface area contributed by atoms with Crippen molar-refractivity contribution in [3.8, 4) is 11.6 Å². The van der Waals surface area contributed by atoms with Gasteiger partial charge in [-0.1, -0.05) is 42.5 Å². The second-order valence-corrected chi connectivity index (χ2v) is 7.84. The molecule has 30 heavy (non-hydrogen) atoms. The van der Waals surface area contributed by atoms with E-state index in [-0.39, 0.29) is 0 Å². The lowest BCUT2D eigenvalue weighted by Crippen LogP contribution is -2.36. The van der Waals surface area contributed by atoms with Crippen molar-refractivity contribution in [3.63, 3.8) is 0 Å². The predicted octanol–water partition coefficient (Wildman–Crippen LogP) is 4.91. The SMILES string of the molecule is CC(c1ccccc1)N1CCCC(c2ccc(Oc3ccc(C(N)=O)cn3)cc2)C1. The van der Waals surface area contributed by atoms with Crippen LogP contribution in [-0.4, -0.2) is 28.9 Å². The summed E-state index contributed by atoms with van der Waals surface area (Å²) in [4.78, 5) is 17.9. The molecule has 1 saturated heterocycles. The molecule has 5 nitrogen and oxygen atoms in total. The number of rotatable bonds is 6. The number of amides is 1. The molecule has 5 heteroatoms. The molecule has 2 N–H and O–H groups in total. The normalized spacial score (nSPS) is 18.0. The second kappa shape index (κ2) is 9.09. The van der Waals surface area contributed by atoms with Crippen LogP contribution in [0.3, 0.4) is 0 Å². The zero-order chi connectivity index (χ0) is 20.9. The number of primary amides is 1. The first-order valence-electron chi connectivity index (χ1n) is 10.4. The van der Waals surface area contributed by atoms with Gasteiger partial charge in [0.05, 0.1) is 5.56 Å². The molecule has 1 aromatic heterocycles. The number of piperidine rings is 1. The van der Waals surface area contributed by atoms with Crippen molar-refractivity contribution < 1.29 is 9.53 Å². The standard InChI is InChI=1S/C25H27N3O2/c1-18(19-6-3-2-4-7-19)28-15-5-8-22(17-28)20-9-12-23(13-10-20)30-24-14-11-21(16-27-24)25(26)29/h2-4,6-7,9-14,16,18,22H,5,8,15,17H2,1H3,(H2,26,29). The van der Waals surface area contributed by atoms with Crippen molar-refractivity contribution in [1.29, 1.82) is 0 Å². The molecule has 0 aliphatic carbocycles. The predicted molar refractivity (Wildman–Crippen MR) is 118 cm³/mol. The summed E-state index contributed by atoms with van der Waals surface area (Å²) in [5, 5.41) is 0. The number of carbonyl (C=O) groups excluding carboxylic acids is 1. The first kappa shape index (κ1) is 20.1. The lowest BCUT2D eigenvalue weighted by Gasteiger charge is -2.37. The fraction of sp³-hybridized carbons (Fsp3) is 0.280. The maximum Gasteiger partial charge on any atom is 0.250 e. The molecule has 0 saturated carbocycles. The third-order valence-electron chi connectivity index (χ3n) is 5.88. The van der Waals surface area contributed by atoms with Crippen molar-refractivity contribution in [2.75, 3.05) is 13.1 Å². The summed E-state index contributed by atoms with van der Waals surface area (Å²) >= 11 is 0. The van der Waals surface area contributed by atoms with Gasteiger partial charge < -0.3 is 10.5 Å². The highest BCUT2D eigenvalue weighted by Gasteiger charge is 2.25. The average Bonchev–Trinajstić information content (AvgIpc) is 2.80. The van der Waals surface area contributed by atoms with E-state index < -0.39 is 5.91 Å². The smallest absolute Gasteiger partial charge is 0.250 e. The molecule has 0 bridgehead atoms. The van der Waals surface area contributed by atoms with Crippen LogP contribution in [0.5, 0.6) is 11.6 Å². The third kappa shape index (κ3) is 4.69. The summed E-state index contributed by atoms with van der Waals surface area (Å²) in [6, 6.07) is 22.7. The Balaban J connectivity index is 1.40. The van der Waals surface area contributed by atoms with Gasteiger partial charge in [0, 0.05) is 24.8 Å². The van der Waals surface area contributed by atoms with Crippen LogP contribution in [0.2, 0.25) is 0 Å². The van der Waals surface area contributed by atoms with Crippen LogP contribution >= 0.6 is 0 Å². The van der Waals surface area contributed by atoms with E-state index in [1.54, 1.807) is 12.1 Å². The molecule has 3 aromatic rings. The highest BCUT2D eigenvalue weighted by molar-refractivity contribution is 5.92. The maximum atomic E-state index is 11.1. The van der Waals surface area contributed by atoms with Crippen molar-refractivity contribution >= 4 is 5.91 Å². The fourth-order valence-corrected chi connectivity index (χ4v) is 4.09. The third-order valence-corrected chi connectivity index (χ3v) is 5.88. The minimum absolute atomic E-state index is 0.365. The van der Waals surface area contributed by atoms with Crippen LogP contribution in [0, 0.1) is 0 Å². The van der Waals surface area contributed by atoms with Crippen molar-refractivity contribution in [1.82, 2.24) is 9.88 Å². The first-order valence-corrected chi connectivity index (χ1v) is 10.4. The summed E-state index contributed by atoms with van der Waals surface area (Å²) in [6.45, 7) is 4.50. The van der Waals surface area contributed by atoms with Gasteiger partial charge in [-0.15, -0.1) is 0 Å². The maximum absolute atomic E-state index is 11.1. The number of benzene rings is 2.